The number of carboxylic acids is 1. The van der Waals surface area contributed by atoms with E-state index < -0.39 is 17.4 Å². The number of Topliss-reactive ketones (excluding diaryl/α,β-unsaturated/α-hetero) is 1. The minimum absolute atomic E-state index is 0.0472. The van der Waals surface area contributed by atoms with Gasteiger partial charge in [-0.05, 0) is 109 Å². The number of carbonyl (C=O) groups excluding carboxylic acids is 1. The molecule has 0 amide bonds. The van der Waals surface area contributed by atoms with Crippen LogP contribution in [0.15, 0.2) is 35.5 Å². The highest BCUT2D eigenvalue weighted by Crippen LogP contribution is 2.44. The van der Waals surface area contributed by atoms with Crippen LogP contribution in [0.4, 0.5) is 0 Å². The third kappa shape index (κ3) is 9.18. The second-order valence-corrected chi connectivity index (χ2v) is 11.5. The Morgan fingerprint density at radius 1 is 1.05 bits per heavy atom. The fourth-order valence-electron chi connectivity index (χ4n) is 4.88. The number of hydrogen-bond acceptors (Lipinski definition) is 4. The molecule has 1 aliphatic heterocycles. The van der Waals surface area contributed by atoms with E-state index in [0.717, 1.165) is 65.4 Å². The summed E-state index contributed by atoms with van der Waals surface area (Å²) in [6.45, 7) is 17.2. The summed E-state index contributed by atoms with van der Waals surface area (Å²) in [5.74, 6) is 0.153. The molecule has 0 radical (unpaired) electrons. The second-order valence-electron chi connectivity index (χ2n) is 11.5. The van der Waals surface area contributed by atoms with Crippen LogP contribution in [0.25, 0.3) is 0 Å². The van der Waals surface area contributed by atoms with E-state index in [-0.39, 0.29) is 13.0 Å². The van der Waals surface area contributed by atoms with Crippen LogP contribution in [0.2, 0.25) is 0 Å². The fraction of sp³-hybridized carbons (Fsp3) is 0.576. The lowest BCUT2D eigenvalue weighted by atomic mass is 9.87. The van der Waals surface area contributed by atoms with Gasteiger partial charge in [0, 0.05) is 5.56 Å². The van der Waals surface area contributed by atoms with Crippen molar-refractivity contribution in [1.29, 1.82) is 0 Å². The lowest BCUT2D eigenvalue weighted by molar-refractivity contribution is -0.149. The van der Waals surface area contributed by atoms with E-state index >= 15 is 0 Å². The molecule has 0 unspecified atom stereocenters. The van der Waals surface area contributed by atoms with Crippen LogP contribution in [-0.2, 0) is 16.0 Å². The largest absolute Gasteiger partial charge is 0.493 e. The number of rotatable bonds is 14. The van der Waals surface area contributed by atoms with Gasteiger partial charge in [-0.3, -0.25) is 4.79 Å². The van der Waals surface area contributed by atoms with Crippen molar-refractivity contribution in [2.24, 2.45) is 5.92 Å². The molecule has 0 saturated carbocycles. The molecule has 1 heterocycles. The summed E-state index contributed by atoms with van der Waals surface area (Å²) in [4.78, 5) is 22.2. The van der Waals surface area contributed by atoms with Crippen molar-refractivity contribution in [2.75, 3.05) is 6.61 Å². The molecular formula is C33H48O5. The van der Waals surface area contributed by atoms with Crippen molar-refractivity contribution in [3.8, 4) is 11.5 Å². The maximum absolute atomic E-state index is 11.4. The first-order chi connectivity index (χ1) is 17.8. The molecule has 38 heavy (non-hydrogen) atoms. The fourth-order valence-corrected chi connectivity index (χ4v) is 4.88. The molecule has 5 nitrogen and oxygen atoms in total. The first-order valence-electron chi connectivity index (χ1n) is 14.1. The van der Waals surface area contributed by atoms with E-state index in [2.05, 4.69) is 58.9 Å². The summed E-state index contributed by atoms with van der Waals surface area (Å²) in [6.07, 6.45) is 16.4. The first-order valence-corrected chi connectivity index (χ1v) is 14.1. The summed E-state index contributed by atoms with van der Waals surface area (Å²) in [5, 5.41) is 8.80. The van der Waals surface area contributed by atoms with E-state index in [0.29, 0.717) is 0 Å². The molecule has 1 aromatic carbocycles. The normalized spacial score (nSPS) is 18.0. The van der Waals surface area contributed by atoms with Gasteiger partial charge in [0.15, 0.2) is 0 Å². The molecule has 0 fully saturated rings. The topological polar surface area (TPSA) is 72.8 Å². The number of ketones is 1. The van der Waals surface area contributed by atoms with Gasteiger partial charge in [0.2, 0.25) is 5.78 Å². The zero-order chi connectivity index (χ0) is 28.5. The van der Waals surface area contributed by atoms with Gasteiger partial charge in [-0.2, -0.15) is 0 Å². The number of carbonyl (C=O) groups is 2. The van der Waals surface area contributed by atoms with Gasteiger partial charge >= 0.3 is 5.97 Å². The smallest absolute Gasteiger partial charge is 0.372 e. The van der Waals surface area contributed by atoms with Crippen LogP contribution in [0, 0.1) is 26.7 Å². The lowest BCUT2D eigenvalue weighted by Gasteiger charge is -2.36. The van der Waals surface area contributed by atoms with Crippen molar-refractivity contribution in [3.63, 3.8) is 0 Å². The van der Waals surface area contributed by atoms with E-state index in [1.807, 2.05) is 20.8 Å². The molecule has 1 N–H and O–H groups in total. The maximum atomic E-state index is 11.4. The number of allylic oxidation sites excluding steroid dienone is 5. The van der Waals surface area contributed by atoms with E-state index in [4.69, 9.17) is 14.6 Å². The first kappa shape index (κ1) is 31.4. The Morgan fingerprint density at radius 2 is 1.76 bits per heavy atom. The van der Waals surface area contributed by atoms with Gasteiger partial charge in [0.25, 0.3) is 0 Å². The Hall–Kier alpha value is -2.82. The van der Waals surface area contributed by atoms with Crippen LogP contribution in [0.5, 0.6) is 11.5 Å². The van der Waals surface area contributed by atoms with Crippen LogP contribution >= 0.6 is 0 Å². The monoisotopic (exact) mass is 524 g/mol. The Balaban J connectivity index is 2.01. The minimum Gasteiger partial charge on any atom is -0.493 e. The average Bonchev–Trinajstić information content (AvgIpc) is 2.84. The highest BCUT2D eigenvalue weighted by Gasteiger charge is 2.33. The molecule has 0 aromatic heterocycles. The van der Waals surface area contributed by atoms with E-state index in [1.54, 1.807) is 0 Å². The number of hydrogen-bond donors (Lipinski definition) is 1. The summed E-state index contributed by atoms with van der Waals surface area (Å²) >= 11 is 0. The Kier molecular flexibility index (Phi) is 11.9. The minimum atomic E-state index is -1.42. The Morgan fingerprint density at radius 3 is 2.42 bits per heavy atom. The predicted octanol–water partition coefficient (Wildman–Crippen LogP) is 8.17. The second kappa shape index (κ2) is 14.4. The molecule has 0 bridgehead atoms. The highest BCUT2D eigenvalue weighted by molar-refractivity contribution is 6.32. The molecule has 1 aliphatic rings. The van der Waals surface area contributed by atoms with Gasteiger partial charge in [0.1, 0.15) is 17.1 Å². The molecule has 5 heteroatoms. The van der Waals surface area contributed by atoms with Gasteiger partial charge in [-0.15, -0.1) is 0 Å². The quantitative estimate of drug-likeness (QED) is 0.151. The summed E-state index contributed by atoms with van der Waals surface area (Å²) in [7, 11) is 0. The zero-order valence-corrected chi connectivity index (χ0v) is 24.8. The van der Waals surface area contributed by atoms with Gasteiger partial charge < -0.3 is 14.6 Å². The van der Waals surface area contributed by atoms with Crippen LogP contribution in [0.3, 0.4) is 0 Å². The molecule has 210 valence electrons. The Labute approximate surface area is 230 Å². The van der Waals surface area contributed by atoms with Crippen molar-refractivity contribution >= 4 is 11.8 Å². The number of carboxylic acid groups (broad SMARTS) is 1. The van der Waals surface area contributed by atoms with E-state index in [1.165, 1.54) is 30.4 Å². The Bertz CT molecular complexity index is 1090. The summed E-state index contributed by atoms with van der Waals surface area (Å²) in [5.41, 5.74) is 6.57. The zero-order valence-electron chi connectivity index (χ0n) is 24.8. The molecule has 0 aliphatic carbocycles. The number of fused-ring (bicyclic) bond motifs is 1. The van der Waals surface area contributed by atoms with Crippen LogP contribution < -0.4 is 9.47 Å². The summed E-state index contributed by atoms with van der Waals surface area (Å²) < 4.78 is 12.5. The van der Waals surface area contributed by atoms with Crippen LogP contribution in [0.1, 0.15) is 102 Å². The third-order valence-electron chi connectivity index (χ3n) is 7.55. The van der Waals surface area contributed by atoms with Crippen molar-refractivity contribution in [2.45, 2.75) is 112 Å². The van der Waals surface area contributed by atoms with Crippen molar-refractivity contribution in [3.05, 3.63) is 57.7 Å². The van der Waals surface area contributed by atoms with Crippen LogP contribution in [-0.4, -0.2) is 29.1 Å². The van der Waals surface area contributed by atoms with Crippen molar-refractivity contribution < 1.29 is 24.2 Å². The number of ether oxygens (including phenoxy) is 2. The maximum Gasteiger partial charge on any atom is 0.372 e. The third-order valence-corrected chi connectivity index (χ3v) is 7.55. The van der Waals surface area contributed by atoms with Crippen molar-refractivity contribution in [1.82, 2.24) is 0 Å². The molecule has 0 saturated heterocycles. The lowest BCUT2D eigenvalue weighted by Crippen LogP contribution is -2.35. The molecular weight excluding hydrogens is 476 g/mol. The molecule has 0 spiro atoms. The highest BCUT2D eigenvalue weighted by atomic mass is 16.5. The predicted molar refractivity (Wildman–Crippen MR) is 155 cm³/mol. The van der Waals surface area contributed by atoms with Gasteiger partial charge in [-0.1, -0.05) is 49.6 Å². The molecule has 2 rings (SSSR count). The number of benzene rings is 1. The molecule has 1 atom stereocenters. The van der Waals surface area contributed by atoms with Gasteiger partial charge in [-0.25, -0.2) is 4.79 Å². The summed E-state index contributed by atoms with van der Waals surface area (Å²) in [6, 6.07) is 0. The standard InChI is InChI=1S/C33H48O5/c1-22(2)12-9-13-23(3)14-10-15-24(4)16-11-19-33(8)20-17-28-27(7)30(25(5)26(6)31(28)38-33)37-21-18-29(34)32(35)36/h11,14,16,19,22H,9-10,12-13,15,17-18,20-21H2,1-8H3,(H,35,36)/b19-11?,23-14+,24-16?/t33-/m0/s1. The molecule has 1 aromatic rings. The SMILES string of the molecule is CC(=CC=C[C@@]1(C)CCc2c(C)c(OCCC(=O)C(=O)O)c(C)c(C)c2O1)CC/C=C(\C)CCCC(C)C. The average molecular weight is 525 g/mol. The number of aliphatic carboxylic acids is 1. The van der Waals surface area contributed by atoms with E-state index in [9.17, 15) is 9.59 Å². The van der Waals surface area contributed by atoms with Gasteiger partial charge in [0.05, 0.1) is 13.0 Å².